The molecule has 20 atom stereocenters. The van der Waals surface area contributed by atoms with Gasteiger partial charge in [-0.15, -0.1) is 0 Å². The van der Waals surface area contributed by atoms with E-state index in [9.17, 15) is 81.1 Å². The van der Waals surface area contributed by atoms with E-state index in [0.29, 0.717) is 0 Å². The molecule has 4 fully saturated rings. The summed E-state index contributed by atoms with van der Waals surface area (Å²) in [6.45, 7) is -3.90. The Labute approximate surface area is 298 Å². The number of quaternary nitrogens is 2. The summed E-state index contributed by atoms with van der Waals surface area (Å²) in [5.74, 6) is -10.8. The smallest absolute Gasteiger partial charge is 0.213 e. The molecule has 25 nitrogen and oxygen atoms in total. The minimum absolute atomic E-state index is 0.580. The number of carboxylic acids is 2. The third-order valence-corrected chi connectivity index (χ3v) is 9.73. The van der Waals surface area contributed by atoms with Gasteiger partial charge in [-0.2, -0.15) is 0 Å². The first-order chi connectivity index (χ1) is 24.7. The third-order valence-electron chi connectivity index (χ3n) is 9.73. The minimum Gasteiger partial charge on any atom is -0.544 e. The zero-order chi connectivity index (χ0) is 39.7. The number of aliphatic carboxylic acids is 2. The van der Waals surface area contributed by atoms with Crippen molar-refractivity contribution in [1.29, 1.82) is 0 Å². The molecule has 0 aromatic heterocycles. The predicted molar refractivity (Wildman–Crippen MR) is 152 cm³/mol. The Kier molecular flexibility index (Phi) is 14.5. The van der Waals surface area contributed by atoms with Gasteiger partial charge in [0.05, 0.1) is 38.6 Å². The molecule has 4 saturated heterocycles. The van der Waals surface area contributed by atoms with Gasteiger partial charge in [-0.1, -0.05) is 0 Å². The molecule has 4 aliphatic heterocycles. The summed E-state index contributed by atoms with van der Waals surface area (Å²) in [7, 11) is 0. The summed E-state index contributed by atoms with van der Waals surface area (Å²) in [6.07, 6.45) is -32.0. The Bertz CT molecular complexity index is 1240. The lowest BCUT2D eigenvalue weighted by atomic mass is 9.90. The van der Waals surface area contributed by atoms with Crippen molar-refractivity contribution >= 4 is 11.9 Å². The normalized spacial score (nSPS) is 47.8. The highest BCUT2D eigenvalue weighted by Gasteiger charge is 2.58. The Morgan fingerprint density at radius 1 is 0.698 bits per heavy atom. The van der Waals surface area contributed by atoms with Crippen LogP contribution in [0.4, 0.5) is 0 Å². The zero-order valence-corrected chi connectivity index (χ0v) is 27.9. The molecule has 4 rings (SSSR count). The predicted octanol–water partition coefficient (Wildman–Crippen LogP) is -14.2. The fourth-order valence-corrected chi connectivity index (χ4v) is 6.44. The number of aliphatic hydroxyl groups excluding tert-OH is 12. The van der Waals surface area contributed by atoms with E-state index >= 15 is 0 Å². The second-order valence-electron chi connectivity index (χ2n) is 13.4. The van der Waals surface area contributed by atoms with Crippen LogP contribution in [0, 0.1) is 0 Å². The highest BCUT2D eigenvalue weighted by atomic mass is 16.8. The topological polar surface area (TPSA) is 443 Å². The molecule has 0 bridgehead atoms. The third kappa shape index (κ3) is 8.90. The first kappa shape index (κ1) is 43.8. The summed E-state index contributed by atoms with van der Waals surface area (Å²) < 4.78 is 38.0. The van der Waals surface area contributed by atoms with Crippen molar-refractivity contribution in [2.24, 2.45) is 0 Å². The number of carboxylic acid groups (broad SMARTS) is 2. The molecule has 0 spiro atoms. The van der Waals surface area contributed by atoms with Crippen molar-refractivity contribution in [1.82, 2.24) is 0 Å². The fraction of sp³-hybridized carbons (Fsp3) is 0.929. The van der Waals surface area contributed by atoms with E-state index in [4.69, 9.17) is 33.2 Å². The van der Waals surface area contributed by atoms with Gasteiger partial charge in [-0.05, 0) is 0 Å². The summed E-state index contributed by atoms with van der Waals surface area (Å²) in [5.41, 5.74) is 7.15. The lowest BCUT2D eigenvalue weighted by molar-refractivity contribution is -0.509. The molecule has 0 aromatic rings. The standard InChI is InChI=1S/C28H48N2O23/c29-13-19(40)16(37)11(49-23(13)42)5-47-24-14(30)20(41)17(38)12(50-24)6-48-27(25(43)44)2-10(18(39)22(52-27)9(35)4-32)51-28(26(45)46)1-7(33)15(36)21(53-28)8(34)3-31/h7-24,31-42H,1-6,29-30H2,(H,43,44)(H,45,46)/t7-,8-,9-,10-,11-,12-,13-,14-,15-,16-,17-,18-,19-,20-,21-,22-,23-,24-,27-,28-/m1/s1. The molecular formula is C28H48N2O23. The van der Waals surface area contributed by atoms with Gasteiger partial charge in [0.1, 0.15) is 85.2 Å². The van der Waals surface area contributed by atoms with Crippen LogP contribution in [-0.2, 0) is 42.7 Å². The van der Waals surface area contributed by atoms with E-state index < -0.39 is 173 Å². The molecular weight excluding hydrogens is 732 g/mol. The molecule has 4 aliphatic rings. The number of rotatable bonds is 14. The molecule has 308 valence electrons. The SMILES string of the molecule is [NH3+][C@@H]1[C@@H](O)[C@H](O)[C@@H](CO[C@@H]2O[C@H](CO[C@]3(C(=O)[O-])C[C@@H](O[C@]4(C(=O)[O-])C[C@@H](O)[C@@H](O)[C@@H]([C@H](O)CO)O4)[C@@H](O)[C@@H]([C@H](O)CO)O3)[C@@H](O)[C@H](O)[C@H]2[NH3+])O[C@H]1O. The number of carbonyl (C=O) groups is 2. The molecule has 25 heteroatoms. The van der Waals surface area contributed by atoms with Gasteiger partial charge in [0.2, 0.25) is 24.2 Å². The Morgan fingerprint density at radius 2 is 1.21 bits per heavy atom. The quantitative estimate of drug-likeness (QED) is 0.0778. The van der Waals surface area contributed by atoms with Gasteiger partial charge in [0, 0.05) is 12.8 Å². The maximum Gasteiger partial charge on any atom is 0.213 e. The number of hydrogen-bond donors (Lipinski definition) is 14. The molecule has 4 heterocycles. The van der Waals surface area contributed by atoms with E-state index in [1.165, 1.54) is 0 Å². The highest BCUT2D eigenvalue weighted by Crippen LogP contribution is 2.40. The van der Waals surface area contributed by atoms with Crippen LogP contribution in [0.15, 0.2) is 0 Å². The van der Waals surface area contributed by atoms with E-state index in [2.05, 4.69) is 11.5 Å². The number of carbonyl (C=O) groups excluding carboxylic acids is 2. The Morgan fingerprint density at radius 3 is 1.75 bits per heavy atom. The van der Waals surface area contributed by atoms with E-state index in [-0.39, 0.29) is 0 Å². The van der Waals surface area contributed by atoms with Gasteiger partial charge in [0.25, 0.3) is 0 Å². The maximum absolute atomic E-state index is 12.7. The van der Waals surface area contributed by atoms with Crippen LogP contribution in [0.3, 0.4) is 0 Å². The van der Waals surface area contributed by atoms with Crippen molar-refractivity contribution in [2.75, 3.05) is 26.4 Å². The number of hydrogen-bond acceptors (Lipinski definition) is 23. The number of ether oxygens (including phenoxy) is 7. The van der Waals surface area contributed by atoms with Crippen LogP contribution in [0.2, 0.25) is 0 Å². The first-order valence-electron chi connectivity index (χ1n) is 16.5. The van der Waals surface area contributed by atoms with Gasteiger partial charge in [-0.25, -0.2) is 0 Å². The van der Waals surface area contributed by atoms with Crippen molar-refractivity contribution in [2.45, 2.75) is 135 Å². The molecule has 18 N–H and O–H groups in total. The summed E-state index contributed by atoms with van der Waals surface area (Å²) in [6, 6.07) is -2.36. The summed E-state index contributed by atoms with van der Waals surface area (Å²) in [5, 5.41) is 148. The van der Waals surface area contributed by atoms with Crippen LogP contribution in [0.25, 0.3) is 0 Å². The molecule has 0 unspecified atom stereocenters. The van der Waals surface area contributed by atoms with Gasteiger partial charge in [-0.3, -0.25) is 0 Å². The van der Waals surface area contributed by atoms with Crippen molar-refractivity contribution in [3.8, 4) is 0 Å². The van der Waals surface area contributed by atoms with E-state index in [0.717, 1.165) is 0 Å². The molecule has 0 saturated carbocycles. The highest BCUT2D eigenvalue weighted by molar-refractivity contribution is 5.75. The zero-order valence-electron chi connectivity index (χ0n) is 27.9. The summed E-state index contributed by atoms with van der Waals surface area (Å²) in [4.78, 5) is 25.1. The van der Waals surface area contributed by atoms with Crippen LogP contribution >= 0.6 is 0 Å². The average Bonchev–Trinajstić information content (AvgIpc) is 3.12. The monoisotopic (exact) mass is 780 g/mol. The van der Waals surface area contributed by atoms with E-state index in [1.54, 1.807) is 0 Å². The van der Waals surface area contributed by atoms with Crippen LogP contribution in [0.5, 0.6) is 0 Å². The largest absolute Gasteiger partial charge is 0.544 e. The molecule has 0 aromatic carbocycles. The molecule has 0 amide bonds. The fourth-order valence-electron chi connectivity index (χ4n) is 6.44. The van der Waals surface area contributed by atoms with Crippen molar-refractivity contribution in [3.05, 3.63) is 0 Å². The molecule has 0 aliphatic carbocycles. The van der Waals surface area contributed by atoms with Gasteiger partial charge in [0.15, 0.2) is 12.1 Å². The van der Waals surface area contributed by atoms with Gasteiger partial charge < -0.3 is 126 Å². The maximum atomic E-state index is 12.7. The molecule has 53 heavy (non-hydrogen) atoms. The average molecular weight is 781 g/mol. The van der Waals surface area contributed by atoms with Crippen molar-refractivity contribution < 1.29 is 126 Å². The lowest BCUT2D eigenvalue weighted by Crippen LogP contribution is -2.79. The van der Waals surface area contributed by atoms with Crippen molar-refractivity contribution in [3.63, 3.8) is 0 Å². The van der Waals surface area contributed by atoms with Crippen LogP contribution < -0.4 is 21.7 Å². The molecule has 0 radical (unpaired) electrons. The Hall–Kier alpha value is -1.90. The summed E-state index contributed by atoms with van der Waals surface area (Å²) >= 11 is 0. The second kappa shape index (κ2) is 17.5. The van der Waals surface area contributed by atoms with E-state index in [1.807, 2.05) is 0 Å². The van der Waals surface area contributed by atoms with Crippen LogP contribution in [-0.4, -0.2) is 221 Å². The number of aliphatic hydroxyl groups is 12. The lowest BCUT2D eigenvalue weighted by Gasteiger charge is -2.52. The van der Waals surface area contributed by atoms with Crippen LogP contribution in [0.1, 0.15) is 12.8 Å². The first-order valence-corrected chi connectivity index (χ1v) is 16.5. The Balaban J connectivity index is 1.57. The second-order valence-corrected chi connectivity index (χ2v) is 13.4. The minimum atomic E-state index is -3.18. The van der Waals surface area contributed by atoms with Gasteiger partial charge >= 0.3 is 0 Å².